The topological polar surface area (TPSA) is 504 Å². The van der Waals surface area contributed by atoms with E-state index in [0.29, 0.717) is 19.4 Å². The molecule has 0 aliphatic rings. The van der Waals surface area contributed by atoms with Gasteiger partial charge in [0, 0.05) is 12.2 Å². The number of thiol groups is 1. The van der Waals surface area contributed by atoms with Gasteiger partial charge in [0.25, 0.3) is 0 Å². The number of carbonyl (C=O) groups excluding carboxylic acids is 2. The molecule has 0 aliphatic heterocycles. The Morgan fingerprint density at radius 1 is 0.420 bits per heavy atom. The Bertz CT molecular complexity index is 1040. The van der Waals surface area contributed by atoms with Gasteiger partial charge in [0.2, 0.25) is 11.8 Å². The average Bonchev–Trinajstić information content (AvgIpc) is 3.34. The SMILES string of the molecule is NCCCCN.NCCCCNCCCN.NCCCCNCCCN.NCCCNCCCCNCCCN.NCCC[C@H](N)C(=O)O.N[C@@H](CCC(=O)N[C@@H](CS)C(=O)NCC(=O)O)C(=O)O. The Balaban J connectivity index is -0.000000180. The summed E-state index contributed by atoms with van der Waals surface area (Å²) in [5, 5.41) is 42.9. The maximum Gasteiger partial charge on any atom is 0.322 e. The van der Waals surface area contributed by atoms with Gasteiger partial charge in [-0.15, -0.1) is 0 Å². The number of carboxylic acid groups (broad SMARTS) is 3. The van der Waals surface area contributed by atoms with Gasteiger partial charge in [0.05, 0.1) is 0 Å². The Morgan fingerprint density at radius 2 is 0.710 bits per heavy atom. The smallest absolute Gasteiger partial charge is 0.322 e. The number of nitrogens with one attached hydrogen (secondary N) is 6. The largest absolute Gasteiger partial charge is 0.480 e. The van der Waals surface area contributed by atoms with E-state index in [0.717, 1.165) is 156 Å². The Morgan fingerprint density at radius 3 is 1.00 bits per heavy atom. The summed E-state index contributed by atoms with van der Waals surface area (Å²) < 4.78 is 0. The van der Waals surface area contributed by atoms with Gasteiger partial charge < -0.3 is 110 Å². The van der Waals surface area contributed by atoms with Crippen molar-refractivity contribution < 1.29 is 39.3 Å². The summed E-state index contributed by atoms with van der Waals surface area (Å²) in [4.78, 5) is 53.8. The second-order valence-electron chi connectivity index (χ2n) is 15.3. The molecule has 0 aliphatic carbocycles. The van der Waals surface area contributed by atoms with Crippen LogP contribution in [0.25, 0.3) is 0 Å². The molecule has 416 valence electrons. The highest BCUT2D eigenvalue weighted by atomic mass is 32.1. The van der Waals surface area contributed by atoms with Gasteiger partial charge in [0.1, 0.15) is 24.7 Å². The minimum atomic E-state index is -1.22. The van der Waals surface area contributed by atoms with Crippen molar-refractivity contribution in [2.75, 3.05) is 124 Å². The van der Waals surface area contributed by atoms with Crippen LogP contribution in [0, 0.1) is 0 Å². The summed E-state index contributed by atoms with van der Waals surface area (Å²) in [7, 11) is 0. The van der Waals surface area contributed by atoms with Crippen molar-refractivity contribution in [1.29, 1.82) is 0 Å². The van der Waals surface area contributed by atoms with E-state index < -0.39 is 54.4 Å². The fraction of sp³-hybridized carbons (Fsp3) is 0.884. The Hall–Kier alpha value is -2.90. The highest BCUT2D eigenvalue weighted by Crippen LogP contribution is 1.97. The summed E-state index contributed by atoms with van der Waals surface area (Å²) in [6.45, 7) is 14.8. The second kappa shape index (κ2) is 69.4. The molecule has 69 heavy (non-hydrogen) atoms. The molecule has 0 aromatic heterocycles. The number of hydrogen-bond acceptors (Lipinski definition) is 21. The van der Waals surface area contributed by atoms with Crippen molar-refractivity contribution in [2.45, 2.75) is 121 Å². The first-order valence-electron chi connectivity index (χ1n) is 24.6. The van der Waals surface area contributed by atoms with Crippen molar-refractivity contribution >= 4 is 42.4 Å². The van der Waals surface area contributed by atoms with Crippen LogP contribution in [0.1, 0.15) is 103 Å². The molecule has 0 bridgehead atoms. The monoisotopic (exact) mass is 1020 g/mol. The molecule has 0 fully saturated rings. The van der Waals surface area contributed by atoms with Crippen LogP contribution in [0.3, 0.4) is 0 Å². The molecule has 0 spiro atoms. The lowest BCUT2D eigenvalue weighted by Gasteiger charge is -2.16. The van der Waals surface area contributed by atoms with Crippen molar-refractivity contribution in [3.8, 4) is 0 Å². The summed E-state index contributed by atoms with van der Waals surface area (Å²) in [5.74, 6) is -4.66. The molecule has 0 radical (unpaired) electrons. The highest BCUT2D eigenvalue weighted by Gasteiger charge is 2.21. The number of unbranched alkanes of at least 4 members (excludes halogenated alkanes) is 4. The number of carboxylic acids is 3. The highest BCUT2D eigenvalue weighted by molar-refractivity contribution is 7.80. The second-order valence-corrected chi connectivity index (χ2v) is 15.7. The molecule has 25 nitrogen and oxygen atoms in total. The summed E-state index contributed by atoms with van der Waals surface area (Å²) in [6, 6.07) is -2.89. The lowest BCUT2D eigenvalue weighted by Crippen LogP contribution is -2.49. The van der Waals surface area contributed by atoms with Crippen molar-refractivity contribution in [2.24, 2.45) is 63.1 Å². The van der Waals surface area contributed by atoms with Gasteiger partial charge >= 0.3 is 17.9 Å². The Labute approximate surface area is 419 Å². The van der Waals surface area contributed by atoms with E-state index >= 15 is 0 Å². The van der Waals surface area contributed by atoms with Crippen LogP contribution >= 0.6 is 12.6 Å². The van der Waals surface area contributed by atoms with Crippen LogP contribution in [-0.2, 0) is 24.0 Å². The normalized spacial score (nSPS) is 11.4. The maximum absolute atomic E-state index is 11.5. The molecule has 0 rings (SSSR count). The van der Waals surface area contributed by atoms with E-state index in [9.17, 15) is 24.0 Å². The Kier molecular flexibility index (Phi) is 78.0. The number of aliphatic carboxylic acids is 3. The maximum atomic E-state index is 11.5. The van der Waals surface area contributed by atoms with Crippen LogP contribution in [0.4, 0.5) is 0 Å². The molecular formula is C43H105N17O8S. The van der Waals surface area contributed by atoms with Crippen LogP contribution in [0.15, 0.2) is 0 Å². The van der Waals surface area contributed by atoms with E-state index in [1.807, 2.05) is 0 Å². The molecule has 31 N–H and O–H groups in total. The fourth-order valence-corrected chi connectivity index (χ4v) is 4.86. The molecule has 0 aromatic carbocycles. The molecule has 0 unspecified atom stereocenters. The minimum Gasteiger partial charge on any atom is -0.480 e. The molecule has 0 saturated heterocycles. The molecule has 0 aromatic rings. The van der Waals surface area contributed by atoms with E-state index in [1.54, 1.807) is 0 Å². The number of hydrogen-bond donors (Lipinski definition) is 21. The molecule has 3 atom stereocenters. The van der Waals surface area contributed by atoms with E-state index in [2.05, 4.69) is 44.5 Å². The predicted octanol–water partition coefficient (Wildman–Crippen LogP) is -4.41. The number of amides is 2. The van der Waals surface area contributed by atoms with Crippen LogP contribution in [0.5, 0.6) is 0 Å². The fourth-order valence-electron chi connectivity index (χ4n) is 4.60. The van der Waals surface area contributed by atoms with Gasteiger partial charge in [-0.05, 0) is 208 Å². The molecule has 0 saturated carbocycles. The van der Waals surface area contributed by atoms with Crippen LogP contribution in [-0.4, -0.2) is 187 Å². The summed E-state index contributed by atoms with van der Waals surface area (Å²) in [6.07, 6.45) is 14.4. The van der Waals surface area contributed by atoms with Gasteiger partial charge in [-0.3, -0.25) is 24.0 Å². The quantitative estimate of drug-likeness (QED) is 0.0203. The number of nitrogens with two attached hydrogens (primary N) is 11. The zero-order valence-electron chi connectivity index (χ0n) is 42.2. The third kappa shape index (κ3) is 79.5. The van der Waals surface area contributed by atoms with Crippen molar-refractivity contribution in [1.82, 2.24) is 31.9 Å². The lowest BCUT2D eigenvalue weighted by molar-refractivity contribution is -0.139. The average molecular weight is 1020 g/mol. The lowest BCUT2D eigenvalue weighted by atomic mass is 10.1. The van der Waals surface area contributed by atoms with Crippen molar-refractivity contribution in [3.63, 3.8) is 0 Å². The van der Waals surface area contributed by atoms with Gasteiger partial charge in [-0.1, -0.05) is 0 Å². The van der Waals surface area contributed by atoms with Crippen molar-refractivity contribution in [3.05, 3.63) is 0 Å². The molecule has 0 heterocycles. The first-order chi connectivity index (χ1) is 33.1. The van der Waals surface area contributed by atoms with Gasteiger partial charge in [0.15, 0.2) is 0 Å². The third-order valence-electron chi connectivity index (χ3n) is 8.75. The van der Waals surface area contributed by atoms with E-state index in [1.165, 1.54) is 25.7 Å². The van der Waals surface area contributed by atoms with E-state index in [-0.39, 0.29) is 18.6 Å². The first-order valence-corrected chi connectivity index (χ1v) is 25.2. The predicted molar refractivity (Wildman–Crippen MR) is 284 cm³/mol. The van der Waals surface area contributed by atoms with E-state index in [4.69, 9.17) is 78.4 Å². The van der Waals surface area contributed by atoms with Gasteiger partial charge in [-0.2, -0.15) is 12.6 Å². The zero-order valence-corrected chi connectivity index (χ0v) is 43.1. The number of rotatable bonds is 41. The number of carbonyl (C=O) groups is 5. The molecular weight excluding hydrogens is 915 g/mol. The molecule has 26 heteroatoms. The first kappa shape index (κ1) is 77.6. The molecule has 2 amide bonds. The van der Waals surface area contributed by atoms with Gasteiger partial charge in [-0.25, -0.2) is 0 Å². The summed E-state index contributed by atoms with van der Waals surface area (Å²) >= 11 is 3.87. The summed E-state index contributed by atoms with van der Waals surface area (Å²) in [5.41, 5.74) is 57.8. The van der Waals surface area contributed by atoms with Crippen LogP contribution < -0.4 is 95.0 Å². The minimum absolute atomic E-state index is 0.0256. The zero-order chi connectivity index (χ0) is 53.6. The standard InChI is InChI=1S/C10H26N4.C10H17N3O6S.2C7H19N3.C5H12N2O2.C4H12N2/c11-5-3-9-13-7-1-2-8-14-10-4-6-12;11-5(10(18)19)1-2-7(14)13-6(4-20)9(17)12-3-8(15)16;2*8-4-1-2-6-10-7-3-5-9;6-3-1-2-4(7)5(8)9;5-3-1-2-4-6/h13-14H,1-12H2;5-6,20H,1-4,11H2,(H,12,17)(H,13,14)(H,15,16)(H,18,19);2*10H,1-9H2;4H,1-3,6-7H2,(H,8,9);1-6H2/t;5-,6-;;;4-;/m.0..0./s1. The van der Waals surface area contributed by atoms with Crippen LogP contribution in [0.2, 0.25) is 0 Å². The third-order valence-corrected chi connectivity index (χ3v) is 9.11.